The van der Waals surface area contributed by atoms with E-state index in [-0.39, 0.29) is 5.97 Å². The van der Waals surface area contributed by atoms with Crippen molar-refractivity contribution in [1.82, 2.24) is 0 Å². The summed E-state index contributed by atoms with van der Waals surface area (Å²) in [6.45, 7) is 4.50. The van der Waals surface area contributed by atoms with Gasteiger partial charge in [-0.1, -0.05) is 77.6 Å². The predicted octanol–water partition coefficient (Wildman–Crippen LogP) is 5.45. The van der Waals surface area contributed by atoms with Crippen LogP contribution in [0.2, 0.25) is 0 Å². The Balaban J connectivity index is 1.80. The van der Waals surface area contributed by atoms with E-state index in [2.05, 4.69) is 6.92 Å². The molecule has 1 aliphatic carbocycles. The zero-order chi connectivity index (χ0) is 14.5. The van der Waals surface area contributed by atoms with E-state index in [1.807, 2.05) is 0 Å². The van der Waals surface area contributed by atoms with Crippen LogP contribution in [0.15, 0.2) is 0 Å². The summed E-state index contributed by atoms with van der Waals surface area (Å²) < 4.78 is 5.32. The van der Waals surface area contributed by atoms with Crippen LogP contribution in [-0.2, 0) is 9.53 Å². The lowest BCUT2D eigenvalue weighted by Crippen LogP contribution is -2.08. The molecule has 0 saturated heterocycles. The van der Waals surface area contributed by atoms with Crippen LogP contribution in [-0.4, -0.2) is 12.6 Å². The average molecular weight is 281 g/mol. The van der Waals surface area contributed by atoms with Crippen molar-refractivity contribution in [1.29, 1.82) is 0 Å². The lowest BCUT2D eigenvalue weighted by Gasteiger charge is -2.09. The van der Waals surface area contributed by atoms with Crippen LogP contribution in [0.3, 0.4) is 0 Å². The smallest absolute Gasteiger partial charge is 0.305 e. The van der Waals surface area contributed by atoms with Gasteiger partial charge in [0.2, 0.25) is 0 Å². The van der Waals surface area contributed by atoms with Gasteiger partial charge in [-0.05, 0) is 18.8 Å². The van der Waals surface area contributed by atoms with Crippen LogP contribution in [0, 0.1) is 12.8 Å². The third kappa shape index (κ3) is 9.39. The minimum Gasteiger partial charge on any atom is -0.466 e. The summed E-state index contributed by atoms with van der Waals surface area (Å²) in [5.41, 5.74) is 0. The van der Waals surface area contributed by atoms with Gasteiger partial charge < -0.3 is 4.74 Å². The van der Waals surface area contributed by atoms with Gasteiger partial charge in [0.05, 0.1) is 6.61 Å². The lowest BCUT2D eigenvalue weighted by atomic mass is 10.1. The predicted molar refractivity (Wildman–Crippen MR) is 84.4 cm³/mol. The number of esters is 1. The van der Waals surface area contributed by atoms with Crippen molar-refractivity contribution >= 4 is 5.97 Å². The maximum Gasteiger partial charge on any atom is 0.305 e. The fraction of sp³-hybridized carbons (Fsp3) is 0.889. The van der Waals surface area contributed by atoms with Crippen LogP contribution >= 0.6 is 0 Å². The fourth-order valence-corrected chi connectivity index (χ4v) is 3.04. The molecule has 0 bridgehead atoms. The van der Waals surface area contributed by atoms with Gasteiger partial charge in [-0.2, -0.15) is 0 Å². The molecule has 0 aliphatic heterocycles. The molecular weight excluding hydrogens is 248 g/mol. The van der Waals surface area contributed by atoms with Crippen molar-refractivity contribution in [3.05, 3.63) is 6.92 Å². The molecule has 0 aromatic heterocycles. The number of hydrogen-bond acceptors (Lipinski definition) is 2. The first-order valence-corrected chi connectivity index (χ1v) is 8.78. The van der Waals surface area contributed by atoms with E-state index >= 15 is 0 Å². The second-order valence-corrected chi connectivity index (χ2v) is 6.24. The number of ether oxygens (including phenoxy) is 1. The number of carbonyl (C=O) groups excluding carboxylic acids is 1. The molecule has 1 radical (unpaired) electrons. The number of hydrogen-bond donors (Lipinski definition) is 0. The summed E-state index contributed by atoms with van der Waals surface area (Å²) >= 11 is 0. The molecule has 0 heterocycles. The summed E-state index contributed by atoms with van der Waals surface area (Å²) in [5.74, 6) is 0.834. The zero-order valence-electron chi connectivity index (χ0n) is 13.2. The van der Waals surface area contributed by atoms with Gasteiger partial charge in [-0.3, -0.25) is 4.79 Å². The molecule has 1 fully saturated rings. The minimum absolute atomic E-state index is 0.0139. The summed E-state index contributed by atoms with van der Waals surface area (Å²) in [6.07, 6.45) is 16.8. The van der Waals surface area contributed by atoms with Crippen molar-refractivity contribution in [3.63, 3.8) is 0 Å². The number of unbranched alkanes of at least 4 members (excludes halogenated alkanes) is 7. The van der Waals surface area contributed by atoms with Crippen LogP contribution in [0.4, 0.5) is 0 Å². The Morgan fingerprint density at radius 3 is 2.20 bits per heavy atom. The molecule has 0 aromatic carbocycles. The lowest BCUT2D eigenvalue weighted by molar-refractivity contribution is -0.144. The molecule has 20 heavy (non-hydrogen) atoms. The highest BCUT2D eigenvalue weighted by Gasteiger charge is 2.15. The summed E-state index contributed by atoms with van der Waals surface area (Å²) in [4.78, 5) is 11.6. The molecule has 1 rings (SSSR count). The van der Waals surface area contributed by atoms with Gasteiger partial charge in [0, 0.05) is 6.42 Å². The second kappa shape index (κ2) is 12.2. The van der Waals surface area contributed by atoms with E-state index in [9.17, 15) is 4.79 Å². The third-order valence-corrected chi connectivity index (χ3v) is 4.39. The van der Waals surface area contributed by atoms with Gasteiger partial charge in [0.25, 0.3) is 0 Å². The normalized spacial score (nSPS) is 15.7. The Bertz CT molecular complexity index is 232. The number of carbonyl (C=O) groups is 1. The molecule has 0 N–H and O–H groups in total. The molecule has 0 aromatic rings. The van der Waals surface area contributed by atoms with Gasteiger partial charge in [-0.25, -0.2) is 0 Å². The first-order valence-electron chi connectivity index (χ1n) is 8.78. The fourth-order valence-electron chi connectivity index (χ4n) is 3.04. The Labute approximate surface area is 125 Å². The average Bonchev–Trinajstić information content (AvgIpc) is 2.95. The Hall–Kier alpha value is -0.530. The van der Waals surface area contributed by atoms with Gasteiger partial charge in [0.15, 0.2) is 0 Å². The highest BCUT2D eigenvalue weighted by Crippen LogP contribution is 2.27. The first-order chi connectivity index (χ1) is 9.83. The molecule has 117 valence electrons. The summed E-state index contributed by atoms with van der Waals surface area (Å²) in [5, 5.41) is 0. The molecule has 0 spiro atoms. The van der Waals surface area contributed by atoms with Gasteiger partial charge >= 0.3 is 5.97 Å². The summed E-state index contributed by atoms with van der Waals surface area (Å²) in [6, 6.07) is 0. The van der Waals surface area contributed by atoms with E-state index in [4.69, 9.17) is 4.74 Å². The van der Waals surface area contributed by atoms with Crippen molar-refractivity contribution in [2.24, 2.45) is 5.92 Å². The number of rotatable bonds is 12. The largest absolute Gasteiger partial charge is 0.466 e. The maximum atomic E-state index is 11.6. The van der Waals surface area contributed by atoms with Crippen LogP contribution in [0.25, 0.3) is 0 Å². The van der Waals surface area contributed by atoms with Crippen LogP contribution in [0.1, 0.15) is 89.9 Å². The van der Waals surface area contributed by atoms with E-state index in [0.717, 1.165) is 25.2 Å². The van der Waals surface area contributed by atoms with E-state index in [1.54, 1.807) is 0 Å². The molecule has 2 nitrogen and oxygen atoms in total. The quantitative estimate of drug-likeness (QED) is 0.351. The zero-order valence-corrected chi connectivity index (χ0v) is 13.2. The SMILES string of the molecule is [CH2]CCCCCCCCCC(=O)OCCC1CCCC1. The Morgan fingerprint density at radius 1 is 0.950 bits per heavy atom. The van der Waals surface area contributed by atoms with E-state index in [0.29, 0.717) is 13.0 Å². The standard InChI is InChI=1S/C18H33O2/c1-2-3-4-5-6-7-8-9-14-18(19)20-16-15-17-12-10-11-13-17/h17H,1-16H2. The summed E-state index contributed by atoms with van der Waals surface area (Å²) in [7, 11) is 0. The third-order valence-electron chi connectivity index (χ3n) is 4.39. The van der Waals surface area contributed by atoms with E-state index in [1.165, 1.54) is 64.2 Å². The Morgan fingerprint density at radius 2 is 1.55 bits per heavy atom. The van der Waals surface area contributed by atoms with Crippen LogP contribution < -0.4 is 0 Å². The monoisotopic (exact) mass is 281 g/mol. The van der Waals surface area contributed by atoms with Crippen molar-refractivity contribution in [2.45, 2.75) is 89.9 Å². The molecule has 1 saturated carbocycles. The maximum absolute atomic E-state index is 11.6. The first kappa shape index (κ1) is 17.5. The van der Waals surface area contributed by atoms with Crippen molar-refractivity contribution < 1.29 is 9.53 Å². The van der Waals surface area contributed by atoms with E-state index < -0.39 is 0 Å². The molecule has 0 amide bonds. The minimum atomic E-state index is 0.0139. The molecular formula is C18H33O2. The van der Waals surface area contributed by atoms with Crippen LogP contribution in [0.5, 0.6) is 0 Å². The highest BCUT2D eigenvalue weighted by molar-refractivity contribution is 5.69. The Kier molecular flexibility index (Phi) is 10.7. The molecule has 0 unspecified atom stereocenters. The molecule has 0 atom stereocenters. The second-order valence-electron chi connectivity index (χ2n) is 6.24. The van der Waals surface area contributed by atoms with Gasteiger partial charge in [-0.15, -0.1) is 0 Å². The van der Waals surface area contributed by atoms with Crippen molar-refractivity contribution in [3.8, 4) is 0 Å². The van der Waals surface area contributed by atoms with Crippen molar-refractivity contribution in [2.75, 3.05) is 6.61 Å². The topological polar surface area (TPSA) is 26.3 Å². The van der Waals surface area contributed by atoms with Gasteiger partial charge in [0.1, 0.15) is 0 Å². The molecule has 2 heteroatoms. The molecule has 1 aliphatic rings. The highest BCUT2D eigenvalue weighted by atomic mass is 16.5.